The van der Waals surface area contributed by atoms with Crippen molar-refractivity contribution in [2.24, 2.45) is 23.2 Å². The van der Waals surface area contributed by atoms with Crippen molar-refractivity contribution in [1.82, 2.24) is 9.88 Å². The topological polar surface area (TPSA) is 62.7 Å². The monoisotopic (exact) mass is 502 g/mol. The van der Waals surface area contributed by atoms with Crippen molar-refractivity contribution in [2.75, 3.05) is 13.1 Å². The first-order valence-electron chi connectivity index (χ1n) is 12.6. The summed E-state index contributed by atoms with van der Waals surface area (Å²) in [6.07, 6.45) is 4.58. The quantitative estimate of drug-likeness (QED) is 0.570. The molecule has 34 heavy (non-hydrogen) atoms. The zero-order chi connectivity index (χ0) is 24.0. The SMILES string of the molecule is C[C@H](C(=O)N1CCCC1)[C@@H]1CC[C@@]2(C)Cc3sc(COc4cccc(Cl)c4)nc3[C@@H](C)[C@@H]2[C@H]1O. The van der Waals surface area contributed by atoms with Gasteiger partial charge in [-0.25, -0.2) is 4.98 Å². The van der Waals surface area contributed by atoms with Gasteiger partial charge in [0.05, 0.1) is 11.8 Å². The summed E-state index contributed by atoms with van der Waals surface area (Å²) >= 11 is 7.81. The van der Waals surface area contributed by atoms with Crippen molar-refractivity contribution >= 4 is 28.8 Å². The number of amides is 1. The van der Waals surface area contributed by atoms with Crippen molar-refractivity contribution in [3.05, 3.63) is 44.9 Å². The second-order valence-electron chi connectivity index (χ2n) is 10.8. The molecule has 0 unspecified atom stereocenters. The number of aliphatic hydroxyl groups is 1. The van der Waals surface area contributed by atoms with Gasteiger partial charge in [0, 0.05) is 34.8 Å². The predicted molar refractivity (Wildman–Crippen MR) is 135 cm³/mol. The molecular weight excluding hydrogens is 468 g/mol. The number of fused-ring (bicyclic) bond motifs is 2. The molecule has 1 aromatic carbocycles. The highest BCUT2D eigenvalue weighted by Gasteiger charge is 2.54. The number of hydrogen-bond donors (Lipinski definition) is 1. The van der Waals surface area contributed by atoms with Gasteiger partial charge in [0.2, 0.25) is 5.91 Å². The van der Waals surface area contributed by atoms with Crippen LogP contribution in [0.25, 0.3) is 0 Å². The Kier molecular flexibility index (Phi) is 6.68. The van der Waals surface area contributed by atoms with Crippen LogP contribution in [0.2, 0.25) is 5.02 Å². The maximum Gasteiger partial charge on any atom is 0.225 e. The summed E-state index contributed by atoms with van der Waals surface area (Å²) in [6.45, 7) is 8.71. The van der Waals surface area contributed by atoms with Gasteiger partial charge in [-0.3, -0.25) is 4.79 Å². The Morgan fingerprint density at radius 3 is 2.88 bits per heavy atom. The average Bonchev–Trinajstić information content (AvgIpc) is 3.47. The Morgan fingerprint density at radius 2 is 2.15 bits per heavy atom. The Balaban J connectivity index is 1.33. The molecule has 184 valence electrons. The lowest BCUT2D eigenvalue weighted by atomic mass is 9.53. The second kappa shape index (κ2) is 9.44. The van der Waals surface area contributed by atoms with Gasteiger partial charge in [-0.1, -0.05) is 38.4 Å². The summed E-state index contributed by atoms with van der Waals surface area (Å²) in [4.78, 5) is 21.4. The van der Waals surface area contributed by atoms with Crippen molar-refractivity contribution in [1.29, 1.82) is 0 Å². The number of rotatable bonds is 5. The molecule has 5 nitrogen and oxygen atoms in total. The fourth-order valence-corrected chi connectivity index (χ4v) is 8.23. The molecule has 1 amide bonds. The van der Waals surface area contributed by atoms with Gasteiger partial charge in [0.15, 0.2) is 0 Å². The smallest absolute Gasteiger partial charge is 0.225 e. The first-order valence-corrected chi connectivity index (χ1v) is 13.8. The summed E-state index contributed by atoms with van der Waals surface area (Å²) in [7, 11) is 0. The van der Waals surface area contributed by atoms with Crippen molar-refractivity contribution in [2.45, 2.75) is 71.5 Å². The van der Waals surface area contributed by atoms with E-state index < -0.39 is 6.10 Å². The van der Waals surface area contributed by atoms with Crippen LogP contribution in [0, 0.1) is 23.2 Å². The molecule has 1 saturated heterocycles. The molecule has 0 radical (unpaired) electrons. The number of benzene rings is 1. The van der Waals surface area contributed by atoms with E-state index >= 15 is 0 Å². The van der Waals surface area contributed by atoms with Crippen LogP contribution < -0.4 is 4.74 Å². The molecule has 1 aromatic heterocycles. The number of carbonyl (C=O) groups excluding carboxylic acids is 1. The van der Waals surface area contributed by atoms with E-state index in [1.807, 2.05) is 36.1 Å². The first kappa shape index (κ1) is 24.1. The van der Waals surface area contributed by atoms with E-state index in [4.69, 9.17) is 21.3 Å². The fraction of sp³-hybridized carbons (Fsp3) is 0.630. The number of thiazole rings is 1. The predicted octanol–water partition coefficient (Wildman–Crippen LogP) is 5.69. The minimum atomic E-state index is -0.490. The van der Waals surface area contributed by atoms with Crippen LogP contribution >= 0.6 is 22.9 Å². The van der Waals surface area contributed by atoms with Gasteiger partial charge >= 0.3 is 0 Å². The van der Waals surface area contributed by atoms with E-state index in [0.29, 0.717) is 11.6 Å². The largest absolute Gasteiger partial charge is 0.486 e. The molecule has 6 atom stereocenters. The number of ether oxygens (including phenoxy) is 1. The Bertz CT molecular complexity index is 1050. The van der Waals surface area contributed by atoms with Crippen LogP contribution in [0.3, 0.4) is 0 Å². The molecule has 1 N–H and O–H groups in total. The molecule has 5 rings (SSSR count). The normalized spacial score (nSPS) is 31.6. The molecule has 1 aliphatic heterocycles. The molecule has 2 aliphatic carbocycles. The second-order valence-corrected chi connectivity index (χ2v) is 12.4. The van der Waals surface area contributed by atoms with Crippen LogP contribution in [-0.4, -0.2) is 40.1 Å². The Morgan fingerprint density at radius 1 is 1.38 bits per heavy atom. The summed E-state index contributed by atoms with van der Waals surface area (Å²) in [5.74, 6) is 1.10. The number of aromatic nitrogens is 1. The lowest BCUT2D eigenvalue weighted by molar-refractivity contribution is -0.143. The van der Waals surface area contributed by atoms with Gasteiger partial charge in [-0.15, -0.1) is 11.3 Å². The molecule has 2 heterocycles. The van der Waals surface area contributed by atoms with E-state index in [1.54, 1.807) is 11.3 Å². The van der Waals surface area contributed by atoms with E-state index in [9.17, 15) is 9.90 Å². The number of hydrogen-bond acceptors (Lipinski definition) is 5. The van der Waals surface area contributed by atoms with Crippen molar-refractivity contribution in [3.8, 4) is 5.75 Å². The fourth-order valence-electron chi connectivity index (χ4n) is 6.77. The molecule has 1 saturated carbocycles. The van der Waals surface area contributed by atoms with Gasteiger partial charge < -0.3 is 14.7 Å². The molecular formula is C27H35ClN2O3S. The molecule has 7 heteroatoms. The standard InChI is InChI=1S/C27H35ClN2O3S/c1-16(26(32)30-11-4-5-12-30)20-9-10-27(3)14-21-24(17(2)23(27)25(20)31)29-22(34-21)15-33-19-8-6-7-18(28)13-19/h6-8,13,16-17,20,23,25,31H,4-5,9-12,14-15H2,1-3H3/t16-,17-,20-,23+,25-,27-/m0/s1. The molecule has 0 spiro atoms. The minimum absolute atomic E-state index is 0.0134. The third-order valence-electron chi connectivity index (χ3n) is 8.57. The third kappa shape index (κ3) is 4.38. The number of halogens is 1. The van der Waals surface area contributed by atoms with E-state index in [2.05, 4.69) is 13.8 Å². The highest BCUT2D eigenvalue weighted by atomic mass is 35.5. The van der Waals surface area contributed by atoms with Gasteiger partial charge in [0.1, 0.15) is 17.4 Å². The Hall–Kier alpha value is -1.63. The van der Waals surface area contributed by atoms with Gasteiger partial charge in [-0.2, -0.15) is 0 Å². The van der Waals surface area contributed by atoms with Crippen molar-refractivity contribution < 1.29 is 14.6 Å². The van der Waals surface area contributed by atoms with Crippen LogP contribution in [0.4, 0.5) is 0 Å². The maximum atomic E-state index is 13.1. The summed E-state index contributed by atoms with van der Waals surface area (Å²) < 4.78 is 5.95. The summed E-state index contributed by atoms with van der Waals surface area (Å²) in [6, 6.07) is 7.43. The number of carbonyl (C=O) groups is 1. The molecule has 0 bridgehead atoms. The van der Waals surface area contributed by atoms with Gasteiger partial charge in [-0.05, 0) is 67.6 Å². The zero-order valence-electron chi connectivity index (χ0n) is 20.3. The Labute approximate surface area is 211 Å². The lowest BCUT2D eigenvalue weighted by Crippen LogP contribution is -2.53. The third-order valence-corrected chi connectivity index (χ3v) is 9.85. The molecule has 3 aliphatic rings. The first-order chi connectivity index (χ1) is 16.3. The van der Waals surface area contributed by atoms with E-state index in [1.165, 1.54) is 4.88 Å². The maximum absolute atomic E-state index is 13.1. The van der Waals surface area contributed by atoms with Crippen LogP contribution in [0.15, 0.2) is 24.3 Å². The molecule has 2 fully saturated rings. The number of aliphatic hydroxyl groups excluding tert-OH is 1. The van der Waals surface area contributed by atoms with Crippen LogP contribution in [0.5, 0.6) is 5.75 Å². The summed E-state index contributed by atoms with van der Waals surface area (Å²) in [5.41, 5.74) is 1.13. The summed E-state index contributed by atoms with van der Waals surface area (Å²) in [5, 5.41) is 13.3. The minimum Gasteiger partial charge on any atom is -0.486 e. The molecule has 2 aromatic rings. The van der Waals surface area contributed by atoms with Gasteiger partial charge in [0.25, 0.3) is 0 Å². The van der Waals surface area contributed by atoms with E-state index in [0.717, 1.165) is 61.6 Å². The van der Waals surface area contributed by atoms with E-state index in [-0.39, 0.29) is 35.0 Å². The number of likely N-dealkylation sites (tertiary alicyclic amines) is 1. The van der Waals surface area contributed by atoms with Crippen molar-refractivity contribution in [3.63, 3.8) is 0 Å². The van der Waals surface area contributed by atoms with Crippen LogP contribution in [0.1, 0.15) is 68.0 Å². The average molecular weight is 503 g/mol. The highest BCUT2D eigenvalue weighted by Crippen LogP contribution is 2.57. The van der Waals surface area contributed by atoms with Crippen LogP contribution in [-0.2, 0) is 17.8 Å². The lowest BCUT2D eigenvalue weighted by Gasteiger charge is -2.53. The zero-order valence-corrected chi connectivity index (χ0v) is 21.9. The number of nitrogens with zero attached hydrogens (tertiary/aromatic N) is 2. The highest BCUT2D eigenvalue weighted by molar-refractivity contribution is 7.11.